The van der Waals surface area contributed by atoms with Crippen molar-refractivity contribution >= 4 is 29.1 Å². The third-order valence-electron chi connectivity index (χ3n) is 4.93. The van der Waals surface area contributed by atoms with Crippen molar-refractivity contribution in [2.24, 2.45) is 0 Å². The van der Waals surface area contributed by atoms with Crippen LogP contribution < -0.4 is 15.6 Å². The highest BCUT2D eigenvalue weighted by molar-refractivity contribution is 7.98. The van der Waals surface area contributed by atoms with Gasteiger partial charge in [0.2, 0.25) is 0 Å². The summed E-state index contributed by atoms with van der Waals surface area (Å²) < 4.78 is 8.81. The second-order valence-corrected chi connectivity index (χ2v) is 8.60. The summed E-state index contributed by atoms with van der Waals surface area (Å²) in [7, 11) is 0. The zero-order valence-corrected chi connectivity index (χ0v) is 19.5. The third kappa shape index (κ3) is 4.93. The molecule has 1 amide bonds. The number of para-hydroxylation sites is 2. The number of hydrogen-bond acceptors (Lipinski definition) is 6. The fraction of sp³-hybridized carbons (Fsp3) is 0.250. The third-order valence-corrected chi connectivity index (χ3v) is 6.03. The van der Waals surface area contributed by atoms with E-state index in [1.54, 1.807) is 29.2 Å². The molecular weight excluding hydrogens is 438 g/mol. The van der Waals surface area contributed by atoms with Gasteiger partial charge in [0.15, 0.2) is 0 Å². The van der Waals surface area contributed by atoms with Gasteiger partial charge in [0.05, 0.1) is 23.6 Å². The van der Waals surface area contributed by atoms with E-state index in [1.807, 2.05) is 51.1 Å². The minimum atomic E-state index is -0.246. The van der Waals surface area contributed by atoms with Crippen LogP contribution in [0, 0.1) is 0 Å². The van der Waals surface area contributed by atoms with Gasteiger partial charge in [0.1, 0.15) is 12.1 Å². The topological polar surface area (TPSA) is 90.5 Å². The van der Waals surface area contributed by atoms with Crippen molar-refractivity contribution in [1.29, 1.82) is 0 Å². The molecule has 4 aromatic rings. The van der Waals surface area contributed by atoms with E-state index in [2.05, 4.69) is 15.3 Å². The Morgan fingerprint density at radius 1 is 1.15 bits per heavy atom. The van der Waals surface area contributed by atoms with Crippen molar-refractivity contribution in [2.75, 3.05) is 11.9 Å². The molecule has 0 bridgehead atoms. The van der Waals surface area contributed by atoms with Crippen molar-refractivity contribution < 1.29 is 9.53 Å². The molecule has 4 rings (SSSR count). The molecule has 8 nitrogen and oxygen atoms in total. The number of aromatic nitrogens is 4. The van der Waals surface area contributed by atoms with Gasteiger partial charge in [-0.15, -0.1) is 11.8 Å². The molecular formula is C24H25N5O3S. The number of fused-ring (bicyclic) bond motifs is 1. The predicted octanol–water partition coefficient (Wildman–Crippen LogP) is 4.42. The van der Waals surface area contributed by atoms with Crippen LogP contribution in [0.25, 0.3) is 5.78 Å². The summed E-state index contributed by atoms with van der Waals surface area (Å²) in [5, 5.41) is 2.98. The van der Waals surface area contributed by atoms with Gasteiger partial charge < -0.3 is 10.1 Å². The lowest BCUT2D eigenvalue weighted by Crippen LogP contribution is -2.22. The van der Waals surface area contributed by atoms with Gasteiger partial charge in [-0.05, 0) is 45.0 Å². The van der Waals surface area contributed by atoms with Crippen molar-refractivity contribution in [1.82, 2.24) is 19.2 Å². The first-order chi connectivity index (χ1) is 16.0. The fourth-order valence-corrected chi connectivity index (χ4v) is 4.28. The molecule has 0 radical (unpaired) electrons. The summed E-state index contributed by atoms with van der Waals surface area (Å²) in [5.74, 6) is 1.13. The van der Waals surface area contributed by atoms with E-state index in [1.165, 1.54) is 22.3 Å². The molecule has 1 N–H and O–H groups in total. The minimum Gasteiger partial charge on any atom is -0.493 e. The van der Waals surface area contributed by atoms with Crippen LogP contribution in [0.4, 0.5) is 5.69 Å². The Labute approximate surface area is 195 Å². The molecule has 170 valence electrons. The summed E-state index contributed by atoms with van der Waals surface area (Å²) in [6, 6.07) is 16.3. The first-order valence-corrected chi connectivity index (χ1v) is 11.7. The van der Waals surface area contributed by atoms with E-state index < -0.39 is 0 Å². The van der Waals surface area contributed by atoms with E-state index in [-0.39, 0.29) is 17.5 Å². The van der Waals surface area contributed by atoms with Crippen molar-refractivity contribution in [3.05, 3.63) is 82.5 Å². The second kappa shape index (κ2) is 9.91. The van der Waals surface area contributed by atoms with Crippen molar-refractivity contribution in [3.63, 3.8) is 0 Å². The number of rotatable bonds is 8. The summed E-state index contributed by atoms with van der Waals surface area (Å²) in [5.41, 5.74) is 1.61. The molecule has 2 aromatic heterocycles. The number of anilines is 1. The largest absolute Gasteiger partial charge is 0.493 e. The summed E-state index contributed by atoms with van der Waals surface area (Å²) in [4.78, 5) is 35.2. The van der Waals surface area contributed by atoms with Crippen molar-refractivity contribution in [2.45, 2.75) is 37.5 Å². The van der Waals surface area contributed by atoms with Gasteiger partial charge in [0, 0.05) is 22.8 Å². The highest BCUT2D eigenvalue weighted by Crippen LogP contribution is 2.30. The van der Waals surface area contributed by atoms with E-state index in [9.17, 15) is 9.59 Å². The van der Waals surface area contributed by atoms with E-state index in [4.69, 9.17) is 4.74 Å². The van der Waals surface area contributed by atoms with Gasteiger partial charge >= 0.3 is 0 Å². The number of thioether (sulfide) groups is 1. The standard InChI is InChI=1S/C24H25N5O3S/c1-4-32-20-11-7-5-9-18(20)23(31)27-19-10-6-8-12-21(19)33-14-17-13-22(30)29-24(26-17)25-15-28(29)16(2)3/h5-13,15-16H,4,14H2,1-3H3,(H,27,31). The molecule has 0 saturated carbocycles. The molecule has 0 spiro atoms. The molecule has 0 unspecified atom stereocenters. The van der Waals surface area contributed by atoms with E-state index in [0.29, 0.717) is 40.8 Å². The van der Waals surface area contributed by atoms with Crippen LogP contribution >= 0.6 is 11.8 Å². The van der Waals surface area contributed by atoms with E-state index in [0.717, 1.165) is 4.90 Å². The molecule has 33 heavy (non-hydrogen) atoms. The molecule has 2 heterocycles. The lowest BCUT2D eigenvalue weighted by Gasteiger charge is -2.13. The molecule has 0 aliphatic carbocycles. The maximum atomic E-state index is 12.9. The normalized spacial score (nSPS) is 11.2. The quantitative estimate of drug-likeness (QED) is 0.389. The highest BCUT2D eigenvalue weighted by atomic mass is 32.2. The SMILES string of the molecule is CCOc1ccccc1C(=O)Nc1ccccc1SCc1cc(=O)n2c(ncn2C(C)C)n1. The average molecular weight is 464 g/mol. The summed E-state index contributed by atoms with van der Waals surface area (Å²) in [6.07, 6.45) is 1.62. The van der Waals surface area contributed by atoms with Crippen LogP contribution in [0.2, 0.25) is 0 Å². The zero-order chi connectivity index (χ0) is 23.4. The molecule has 2 aromatic carbocycles. The monoisotopic (exact) mass is 463 g/mol. The van der Waals surface area contributed by atoms with Gasteiger partial charge in [-0.2, -0.15) is 9.50 Å². The molecule has 0 aliphatic heterocycles. The van der Waals surface area contributed by atoms with Crippen LogP contribution in [-0.4, -0.2) is 31.7 Å². The summed E-state index contributed by atoms with van der Waals surface area (Å²) >= 11 is 1.49. The van der Waals surface area contributed by atoms with Crippen LogP contribution in [0.5, 0.6) is 5.75 Å². The number of hydrogen-bond donors (Lipinski definition) is 1. The maximum Gasteiger partial charge on any atom is 0.274 e. The van der Waals surface area contributed by atoms with Gasteiger partial charge in [-0.3, -0.25) is 14.3 Å². The first kappa shape index (κ1) is 22.6. The second-order valence-electron chi connectivity index (χ2n) is 7.58. The number of nitrogens with one attached hydrogen (secondary N) is 1. The summed E-state index contributed by atoms with van der Waals surface area (Å²) in [6.45, 7) is 6.32. The number of ether oxygens (including phenoxy) is 1. The lowest BCUT2D eigenvalue weighted by atomic mass is 10.2. The first-order valence-electron chi connectivity index (χ1n) is 10.7. The molecule has 0 atom stereocenters. The Balaban J connectivity index is 1.53. The predicted molar refractivity (Wildman–Crippen MR) is 129 cm³/mol. The number of carbonyl (C=O) groups excluding carboxylic acids is 1. The molecule has 0 aliphatic rings. The Hall–Kier alpha value is -3.59. The molecule has 0 fully saturated rings. The number of amides is 1. The number of benzene rings is 2. The lowest BCUT2D eigenvalue weighted by molar-refractivity contribution is 0.102. The molecule has 9 heteroatoms. The Morgan fingerprint density at radius 3 is 2.70 bits per heavy atom. The van der Waals surface area contributed by atoms with Crippen LogP contribution in [-0.2, 0) is 5.75 Å². The zero-order valence-electron chi connectivity index (χ0n) is 18.7. The smallest absolute Gasteiger partial charge is 0.274 e. The van der Waals surface area contributed by atoms with Crippen molar-refractivity contribution in [3.8, 4) is 5.75 Å². The van der Waals surface area contributed by atoms with Gasteiger partial charge in [-0.25, -0.2) is 4.98 Å². The highest BCUT2D eigenvalue weighted by Gasteiger charge is 2.15. The maximum absolute atomic E-state index is 12.9. The Morgan fingerprint density at radius 2 is 1.91 bits per heavy atom. The van der Waals surface area contributed by atoms with E-state index >= 15 is 0 Å². The van der Waals surface area contributed by atoms with Gasteiger partial charge in [0.25, 0.3) is 17.2 Å². The van der Waals surface area contributed by atoms with Crippen LogP contribution in [0.15, 0.2) is 70.6 Å². The average Bonchev–Trinajstić information content (AvgIpc) is 3.24. The molecule has 0 saturated heterocycles. The van der Waals surface area contributed by atoms with Gasteiger partial charge in [-0.1, -0.05) is 24.3 Å². The Bertz CT molecular complexity index is 1350. The Kier molecular flexibility index (Phi) is 6.79. The minimum absolute atomic E-state index is 0.0954. The fourth-order valence-electron chi connectivity index (χ4n) is 3.38. The number of nitrogens with zero attached hydrogens (tertiary/aromatic N) is 4. The van der Waals surface area contributed by atoms with Crippen LogP contribution in [0.3, 0.4) is 0 Å². The van der Waals surface area contributed by atoms with Crippen LogP contribution in [0.1, 0.15) is 42.9 Å². The number of carbonyl (C=O) groups is 1.